The minimum atomic E-state index is -0.790. The highest BCUT2D eigenvalue weighted by Gasteiger charge is 2.19. The second-order valence-corrected chi connectivity index (χ2v) is 23.1. The third-order valence-corrected chi connectivity index (χ3v) is 15.0. The Kier molecular flexibility index (Phi) is 66.7. The monoisotopic (exact) mass is 1150 g/mol. The van der Waals surface area contributed by atoms with E-state index in [1.54, 1.807) is 0 Å². The van der Waals surface area contributed by atoms with E-state index in [1.807, 2.05) is 0 Å². The molecule has 474 valence electrons. The van der Waals surface area contributed by atoms with Gasteiger partial charge in [0.05, 0.1) is 0 Å². The molecule has 0 amide bonds. The summed E-state index contributed by atoms with van der Waals surface area (Å²) >= 11 is 0. The van der Waals surface area contributed by atoms with Gasteiger partial charge in [0.25, 0.3) is 0 Å². The standard InChI is InChI=1S/C77H130O6/c1-4-7-10-13-16-19-21-23-25-27-29-31-33-35-37-38-40-41-43-45-47-49-51-53-55-58-61-64-67-70-76(79)82-73-74(72-81-75(78)69-66-63-60-57-18-15-12-9-6-3)83-77(80)71-68-65-62-59-56-54-52-50-48-46-44-42-39-36-34-32-30-28-26-24-22-20-17-14-11-8-5-2/h7,10,16,19,22-25,28-31,35,37,40-41,45,47,51,53,74H,4-6,8-9,11-15,17-18,20-21,26-27,32-34,36,38-39,42-44,46,48-50,52,54-73H2,1-3H3/b10-7-,19-16-,24-22-,25-23-,30-28-,31-29-,37-35-,41-40-,47-45-,53-51-. The van der Waals surface area contributed by atoms with Gasteiger partial charge in [-0.2, -0.15) is 0 Å². The Hall–Kier alpha value is -4.19. The van der Waals surface area contributed by atoms with Crippen LogP contribution < -0.4 is 0 Å². The molecule has 0 N–H and O–H groups in total. The largest absolute Gasteiger partial charge is 0.462 e. The molecule has 0 aromatic carbocycles. The number of rotatable bonds is 63. The van der Waals surface area contributed by atoms with Crippen molar-refractivity contribution in [1.29, 1.82) is 0 Å². The van der Waals surface area contributed by atoms with E-state index in [-0.39, 0.29) is 31.1 Å². The van der Waals surface area contributed by atoms with Crippen molar-refractivity contribution in [2.75, 3.05) is 13.2 Å². The highest BCUT2D eigenvalue weighted by molar-refractivity contribution is 5.71. The molecule has 0 aromatic rings. The molecule has 0 fully saturated rings. The molecule has 0 aliphatic rings. The first kappa shape index (κ1) is 78.8. The van der Waals surface area contributed by atoms with Gasteiger partial charge in [0.2, 0.25) is 0 Å². The lowest BCUT2D eigenvalue weighted by Gasteiger charge is -2.18. The van der Waals surface area contributed by atoms with E-state index in [1.165, 1.54) is 161 Å². The van der Waals surface area contributed by atoms with Crippen LogP contribution in [0.2, 0.25) is 0 Å². The molecular weight excluding hydrogens is 1020 g/mol. The van der Waals surface area contributed by atoms with Crippen LogP contribution in [0.3, 0.4) is 0 Å². The number of ether oxygens (including phenoxy) is 3. The molecule has 0 saturated heterocycles. The van der Waals surface area contributed by atoms with Gasteiger partial charge in [-0.15, -0.1) is 0 Å². The summed E-state index contributed by atoms with van der Waals surface area (Å²) in [6, 6.07) is 0. The Bertz CT molecular complexity index is 1700. The van der Waals surface area contributed by atoms with Crippen molar-refractivity contribution in [2.45, 2.75) is 335 Å². The van der Waals surface area contributed by atoms with E-state index in [0.717, 1.165) is 128 Å². The summed E-state index contributed by atoms with van der Waals surface area (Å²) in [5.41, 5.74) is 0. The molecule has 0 spiro atoms. The zero-order valence-electron chi connectivity index (χ0n) is 54.4. The van der Waals surface area contributed by atoms with Crippen molar-refractivity contribution in [3.05, 3.63) is 122 Å². The fraction of sp³-hybridized carbons (Fsp3) is 0.701. The predicted molar refractivity (Wildman–Crippen MR) is 362 cm³/mol. The van der Waals surface area contributed by atoms with Crippen LogP contribution in [0.4, 0.5) is 0 Å². The Labute approximate surface area is 513 Å². The molecule has 1 unspecified atom stereocenters. The molecule has 0 aromatic heterocycles. The fourth-order valence-electron chi connectivity index (χ4n) is 9.73. The third kappa shape index (κ3) is 68.5. The first-order valence-electron chi connectivity index (χ1n) is 35.0. The van der Waals surface area contributed by atoms with Crippen molar-refractivity contribution in [3.63, 3.8) is 0 Å². The molecule has 0 rings (SSSR count). The van der Waals surface area contributed by atoms with Crippen molar-refractivity contribution in [2.24, 2.45) is 0 Å². The number of hydrogen-bond acceptors (Lipinski definition) is 6. The highest BCUT2D eigenvalue weighted by atomic mass is 16.6. The van der Waals surface area contributed by atoms with Crippen LogP contribution in [0, 0.1) is 0 Å². The molecule has 0 heterocycles. The molecule has 0 saturated carbocycles. The van der Waals surface area contributed by atoms with E-state index >= 15 is 0 Å². The summed E-state index contributed by atoms with van der Waals surface area (Å²) in [5, 5.41) is 0. The smallest absolute Gasteiger partial charge is 0.306 e. The SMILES string of the molecule is CC/C=C\C/C=C\C/C=C\C/C=C\C/C=C\C/C=C\C/C=C\C/C=C\CCCCCCC(=O)OCC(COC(=O)CCCCCCCCCCC)OC(=O)CCCCCCCCCCCCCCCCC/C=C\C/C=C\CCCCCCC. The molecule has 0 aliphatic carbocycles. The summed E-state index contributed by atoms with van der Waals surface area (Å²) in [6.07, 6.45) is 98.0. The maximum Gasteiger partial charge on any atom is 0.306 e. The summed E-state index contributed by atoms with van der Waals surface area (Å²) < 4.78 is 16.9. The third-order valence-electron chi connectivity index (χ3n) is 15.0. The fourth-order valence-corrected chi connectivity index (χ4v) is 9.73. The molecule has 0 aliphatic heterocycles. The lowest BCUT2D eigenvalue weighted by Crippen LogP contribution is -2.30. The maximum absolute atomic E-state index is 12.9. The van der Waals surface area contributed by atoms with Crippen LogP contribution in [0.15, 0.2) is 122 Å². The van der Waals surface area contributed by atoms with E-state index in [4.69, 9.17) is 14.2 Å². The number of hydrogen-bond donors (Lipinski definition) is 0. The van der Waals surface area contributed by atoms with Gasteiger partial charge < -0.3 is 14.2 Å². The average Bonchev–Trinajstić information content (AvgIpc) is 3.49. The molecule has 83 heavy (non-hydrogen) atoms. The summed E-state index contributed by atoms with van der Waals surface area (Å²) in [7, 11) is 0. The maximum atomic E-state index is 12.9. The summed E-state index contributed by atoms with van der Waals surface area (Å²) in [5.74, 6) is -0.905. The second kappa shape index (κ2) is 70.3. The highest BCUT2D eigenvalue weighted by Crippen LogP contribution is 2.17. The van der Waals surface area contributed by atoms with Gasteiger partial charge in [-0.05, 0) is 116 Å². The number of allylic oxidation sites excluding steroid dienone is 20. The number of esters is 3. The Morgan fingerprint density at radius 2 is 0.470 bits per heavy atom. The van der Waals surface area contributed by atoms with Crippen LogP contribution in [0.25, 0.3) is 0 Å². The molecule has 6 heteroatoms. The first-order valence-corrected chi connectivity index (χ1v) is 35.0. The topological polar surface area (TPSA) is 78.9 Å². The van der Waals surface area contributed by atoms with Crippen molar-refractivity contribution in [1.82, 2.24) is 0 Å². The van der Waals surface area contributed by atoms with Crippen LogP contribution in [0.1, 0.15) is 329 Å². The minimum absolute atomic E-state index is 0.0853. The van der Waals surface area contributed by atoms with E-state index in [9.17, 15) is 14.4 Å². The quantitative estimate of drug-likeness (QED) is 0.0261. The summed E-state index contributed by atoms with van der Waals surface area (Å²) in [6.45, 7) is 6.50. The molecule has 0 bridgehead atoms. The van der Waals surface area contributed by atoms with Crippen molar-refractivity contribution in [3.8, 4) is 0 Å². The lowest BCUT2D eigenvalue weighted by atomic mass is 10.0. The number of carbonyl (C=O) groups is 3. The van der Waals surface area contributed by atoms with Gasteiger partial charge in [0.15, 0.2) is 6.10 Å². The van der Waals surface area contributed by atoms with Crippen LogP contribution >= 0.6 is 0 Å². The van der Waals surface area contributed by atoms with Gasteiger partial charge in [0, 0.05) is 19.3 Å². The lowest BCUT2D eigenvalue weighted by molar-refractivity contribution is -0.167. The Morgan fingerprint density at radius 1 is 0.253 bits per heavy atom. The van der Waals surface area contributed by atoms with Gasteiger partial charge in [-0.1, -0.05) is 316 Å². The van der Waals surface area contributed by atoms with E-state index in [0.29, 0.717) is 19.3 Å². The van der Waals surface area contributed by atoms with Crippen molar-refractivity contribution < 1.29 is 28.6 Å². The zero-order chi connectivity index (χ0) is 59.9. The summed E-state index contributed by atoms with van der Waals surface area (Å²) in [4.78, 5) is 38.3. The average molecular weight is 1150 g/mol. The normalized spacial score (nSPS) is 12.9. The Morgan fingerprint density at radius 3 is 0.735 bits per heavy atom. The molecular formula is C77H130O6. The minimum Gasteiger partial charge on any atom is -0.462 e. The van der Waals surface area contributed by atoms with Crippen LogP contribution in [-0.4, -0.2) is 37.2 Å². The second-order valence-electron chi connectivity index (χ2n) is 23.1. The van der Waals surface area contributed by atoms with E-state index < -0.39 is 6.10 Å². The predicted octanol–water partition coefficient (Wildman–Crippen LogP) is 24.3. The van der Waals surface area contributed by atoms with Gasteiger partial charge in [-0.3, -0.25) is 14.4 Å². The van der Waals surface area contributed by atoms with E-state index in [2.05, 4.69) is 142 Å². The van der Waals surface area contributed by atoms with Gasteiger partial charge >= 0.3 is 17.9 Å². The molecule has 0 radical (unpaired) electrons. The van der Waals surface area contributed by atoms with Gasteiger partial charge in [-0.25, -0.2) is 0 Å². The zero-order valence-corrected chi connectivity index (χ0v) is 54.4. The van der Waals surface area contributed by atoms with Crippen molar-refractivity contribution >= 4 is 17.9 Å². The van der Waals surface area contributed by atoms with Crippen LogP contribution in [-0.2, 0) is 28.6 Å². The van der Waals surface area contributed by atoms with Crippen LogP contribution in [0.5, 0.6) is 0 Å². The molecule has 1 atom stereocenters. The Balaban J connectivity index is 4.24. The number of unbranched alkanes of at least 4 members (excludes halogenated alkanes) is 32. The first-order chi connectivity index (χ1) is 41.0. The molecule has 6 nitrogen and oxygen atoms in total. The number of carbonyl (C=O) groups excluding carboxylic acids is 3. The van der Waals surface area contributed by atoms with Gasteiger partial charge in [0.1, 0.15) is 13.2 Å².